The van der Waals surface area contributed by atoms with E-state index in [-0.39, 0.29) is 0 Å². The quantitative estimate of drug-likeness (QED) is 0.710. The van der Waals surface area contributed by atoms with Gasteiger partial charge in [-0.15, -0.1) is 0 Å². The summed E-state index contributed by atoms with van der Waals surface area (Å²) in [7, 11) is 0.716. The van der Waals surface area contributed by atoms with Crippen molar-refractivity contribution in [1.29, 1.82) is 0 Å². The van der Waals surface area contributed by atoms with Crippen LogP contribution >= 0.6 is 22.8 Å². The van der Waals surface area contributed by atoms with Crippen molar-refractivity contribution in [2.45, 2.75) is 5.66 Å². The van der Waals surface area contributed by atoms with Crippen LogP contribution in [0.4, 0.5) is 0 Å². The molecule has 76 valence electrons. The smallest absolute Gasteiger partial charge is 0.0362 e. The van der Waals surface area contributed by atoms with Crippen molar-refractivity contribution >= 4 is 22.8 Å². The Balaban J connectivity index is 2.34. The minimum absolute atomic E-state index is 0.479. The Morgan fingerprint density at radius 2 is 1.13 bits per heavy atom. The van der Waals surface area contributed by atoms with E-state index in [2.05, 4.69) is 76.2 Å². The highest BCUT2D eigenvalue weighted by atomic mass is 79.9. The molecule has 0 saturated carbocycles. The molecule has 1 unspecified atom stereocenters. The summed E-state index contributed by atoms with van der Waals surface area (Å²) in [5.74, 6) is 0. The van der Waals surface area contributed by atoms with Crippen LogP contribution in [0.25, 0.3) is 0 Å². The average Bonchev–Trinajstić information content (AvgIpc) is 2.33. The third-order valence-electron chi connectivity index (χ3n) is 2.37. The molecular weight excluding hydrogens is 267 g/mol. The third kappa shape index (κ3) is 2.68. The summed E-state index contributed by atoms with van der Waals surface area (Å²) < 4.78 is 0. The average molecular weight is 279 g/mol. The maximum atomic E-state index is 3.62. The van der Waals surface area contributed by atoms with E-state index in [1.54, 1.807) is 0 Å². The summed E-state index contributed by atoms with van der Waals surface area (Å²) >= 11 is 3.62. The van der Waals surface area contributed by atoms with Crippen molar-refractivity contribution in [3.05, 3.63) is 71.8 Å². The Kier molecular flexibility index (Phi) is 3.94. The van der Waals surface area contributed by atoms with Crippen LogP contribution in [0, 0.1) is 0 Å². The van der Waals surface area contributed by atoms with Gasteiger partial charge >= 0.3 is 0 Å². The van der Waals surface area contributed by atoms with Crippen LogP contribution in [0.3, 0.4) is 0 Å². The predicted molar refractivity (Wildman–Crippen MR) is 72.0 cm³/mol. The second-order valence-electron chi connectivity index (χ2n) is 3.36. The van der Waals surface area contributed by atoms with E-state index < -0.39 is 0 Å². The molecule has 0 heterocycles. The SMILES string of the molecule is BrPC(c1ccccc1)c1ccccc1. The van der Waals surface area contributed by atoms with E-state index in [0.29, 0.717) is 12.9 Å². The molecular formula is C13H12BrP. The van der Waals surface area contributed by atoms with Crippen LogP contribution in [0.2, 0.25) is 0 Å². The summed E-state index contributed by atoms with van der Waals surface area (Å²) in [5, 5.41) is 0. The van der Waals surface area contributed by atoms with Gasteiger partial charge in [0.15, 0.2) is 0 Å². The number of hydrogen-bond donors (Lipinski definition) is 0. The third-order valence-corrected chi connectivity index (χ3v) is 4.63. The van der Waals surface area contributed by atoms with Crippen LogP contribution in [0.1, 0.15) is 16.8 Å². The van der Waals surface area contributed by atoms with Crippen molar-refractivity contribution in [1.82, 2.24) is 0 Å². The molecule has 15 heavy (non-hydrogen) atoms. The molecule has 0 aliphatic rings. The maximum Gasteiger partial charge on any atom is 0.0362 e. The number of hydrogen-bond acceptors (Lipinski definition) is 0. The zero-order chi connectivity index (χ0) is 10.5. The fraction of sp³-hybridized carbons (Fsp3) is 0.0769. The lowest BCUT2D eigenvalue weighted by Crippen LogP contribution is -1.92. The summed E-state index contributed by atoms with van der Waals surface area (Å²) in [6, 6.07) is 21.2. The number of rotatable bonds is 3. The molecule has 2 aromatic rings. The van der Waals surface area contributed by atoms with Gasteiger partial charge < -0.3 is 0 Å². The largest absolute Gasteiger partial charge is 0.0632 e. The van der Waals surface area contributed by atoms with Gasteiger partial charge in [0.1, 0.15) is 0 Å². The van der Waals surface area contributed by atoms with Gasteiger partial charge in [0.25, 0.3) is 0 Å². The Morgan fingerprint density at radius 3 is 1.47 bits per heavy atom. The molecule has 0 radical (unpaired) electrons. The van der Waals surface area contributed by atoms with Crippen molar-refractivity contribution < 1.29 is 0 Å². The fourth-order valence-electron chi connectivity index (χ4n) is 1.61. The van der Waals surface area contributed by atoms with Gasteiger partial charge in [0, 0.05) is 5.66 Å². The molecule has 0 fully saturated rings. The lowest BCUT2D eigenvalue weighted by Gasteiger charge is -2.14. The van der Waals surface area contributed by atoms with Gasteiger partial charge in [-0.25, -0.2) is 0 Å². The second-order valence-corrected chi connectivity index (χ2v) is 5.53. The van der Waals surface area contributed by atoms with Crippen LogP contribution < -0.4 is 0 Å². The lowest BCUT2D eigenvalue weighted by atomic mass is 10.0. The maximum absolute atomic E-state index is 3.62. The van der Waals surface area contributed by atoms with E-state index in [4.69, 9.17) is 0 Å². The molecule has 0 bridgehead atoms. The monoisotopic (exact) mass is 278 g/mol. The first-order chi connectivity index (χ1) is 7.42. The van der Waals surface area contributed by atoms with Crippen molar-refractivity contribution in [2.75, 3.05) is 0 Å². The Labute approximate surface area is 100 Å². The van der Waals surface area contributed by atoms with Crippen LogP contribution in [0.5, 0.6) is 0 Å². The topological polar surface area (TPSA) is 0 Å². The second kappa shape index (κ2) is 5.44. The van der Waals surface area contributed by atoms with Gasteiger partial charge in [0.05, 0.1) is 0 Å². The van der Waals surface area contributed by atoms with Crippen molar-refractivity contribution in [3.8, 4) is 0 Å². The number of benzene rings is 2. The lowest BCUT2D eigenvalue weighted by molar-refractivity contribution is 1.16. The van der Waals surface area contributed by atoms with Gasteiger partial charge in [-0.2, -0.15) is 0 Å². The standard InChI is InChI=1S/C13H12BrP/c14-15-13(11-7-3-1-4-8-11)12-9-5-2-6-10-12/h1-10,13,15H. The zero-order valence-electron chi connectivity index (χ0n) is 8.23. The van der Waals surface area contributed by atoms with Crippen LogP contribution in [-0.4, -0.2) is 0 Å². The molecule has 0 spiro atoms. The van der Waals surface area contributed by atoms with Crippen LogP contribution in [0.15, 0.2) is 60.7 Å². The molecule has 1 atom stereocenters. The van der Waals surface area contributed by atoms with Crippen molar-refractivity contribution in [3.63, 3.8) is 0 Å². The fourth-order valence-corrected chi connectivity index (χ4v) is 3.83. The summed E-state index contributed by atoms with van der Waals surface area (Å²) in [5.41, 5.74) is 3.23. The molecule has 0 saturated heterocycles. The first-order valence-electron chi connectivity index (χ1n) is 4.88. The molecule has 2 heteroatoms. The summed E-state index contributed by atoms with van der Waals surface area (Å²) in [6.45, 7) is 0. The first kappa shape index (κ1) is 10.9. The molecule has 0 N–H and O–H groups in total. The van der Waals surface area contributed by atoms with E-state index in [0.717, 1.165) is 0 Å². The molecule has 0 aliphatic carbocycles. The predicted octanol–water partition coefficient (Wildman–Crippen LogP) is 4.76. The summed E-state index contributed by atoms with van der Waals surface area (Å²) in [4.78, 5) is 0. The van der Waals surface area contributed by atoms with Crippen LogP contribution in [-0.2, 0) is 0 Å². The molecule has 0 amide bonds. The minimum Gasteiger partial charge on any atom is -0.0632 e. The highest BCUT2D eigenvalue weighted by molar-refractivity contribution is 9.36. The van der Waals surface area contributed by atoms with Gasteiger partial charge in [-0.05, 0) is 18.4 Å². The summed E-state index contributed by atoms with van der Waals surface area (Å²) in [6.07, 6.45) is 0. The normalized spacial score (nSPS) is 11.3. The molecule has 0 aromatic heterocycles. The zero-order valence-corrected chi connectivity index (χ0v) is 10.8. The van der Waals surface area contributed by atoms with Gasteiger partial charge in [-0.1, -0.05) is 76.2 Å². The first-order valence-corrected chi connectivity index (χ1v) is 8.21. The Morgan fingerprint density at radius 1 is 0.733 bits per heavy atom. The minimum atomic E-state index is 0.479. The Bertz CT molecular complexity index is 360. The highest BCUT2D eigenvalue weighted by Gasteiger charge is 2.11. The number of halogens is 1. The Hall–Kier alpha value is -0.650. The molecule has 2 rings (SSSR count). The van der Waals surface area contributed by atoms with Gasteiger partial charge in [0.2, 0.25) is 0 Å². The van der Waals surface area contributed by atoms with Crippen molar-refractivity contribution in [2.24, 2.45) is 0 Å². The molecule has 2 aromatic carbocycles. The molecule has 0 aliphatic heterocycles. The van der Waals surface area contributed by atoms with E-state index >= 15 is 0 Å². The van der Waals surface area contributed by atoms with E-state index in [1.165, 1.54) is 11.1 Å². The molecule has 0 nitrogen and oxygen atoms in total. The van der Waals surface area contributed by atoms with E-state index in [9.17, 15) is 0 Å². The van der Waals surface area contributed by atoms with Gasteiger partial charge in [-0.3, -0.25) is 0 Å². The van der Waals surface area contributed by atoms with E-state index in [1.807, 2.05) is 0 Å². The highest BCUT2D eigenvalue weighted by Crippen LogP contribution is 2.44.